The summed E-state index contributed by atoms with van der Waals surface area (Å²) in [5.74, 6) is -4.22. The van der Waals surface area contributed by atoms with Crippen LogP contribution in [0.15, 0.2) is 12.1 Å². The first kappa shape index (κ1) is 13.8. The highest BCUT2D eigenvalue weighted by molar-refractivity contribution is 7.86. The van der Waals surface area contributed by atoms with E-state index >= 15 is 0 Å². The maximum atomic E-state index is 12.9. The summed E-state index contributed by atoms with van der Waals surface area (Å²) in [5.41, 5.74) is -0.0613. The highest BCUT2D eigenvalue weighted by Gasteiger charge is 2.34. The number of aromatic nitrogens is 1. The molecule has 0 radical (unpaired) electrons. The third-order valence-corrected chi connectivity index (χ3v) is 3.57. The molecule has 1 unspecified atom stereocenters. The molecule has 0 spiro atoms. The molecule has 1 amide bonds. The van der Waals surface area contributed by atoms with Crippen LogP contribution >= 0.6 is 0 Å². The monoisotopic (exact) mass is 294 g/mol. The zero-order valence-electron chi connectivity index (χ0n) is 9.51. The Labute approximate surface area is 107 Å². The van der Waals surface area contributed by atoms with E-state index in [4.69, 9.17) is 0 Å². The lowest BCUT2D eigenvalue weighted by Gasteiger charge is -2.16. The summed E-state index contributed by atoms with van der Waals surface area (Å²) in [6, 6.07) is 1.71. The van der Waals surface area contributed by atoms with E-state index in [1.165, 1.54) is 0 Å². The molecule has 104 valence electrons. The van der Waals surface area contributed by atoms with Crippen molar-refractivity contribution >= 4 is 21.8 Å². The Kier molecular flexibility index (Phi) is 3.48. The van der Waals surface area contributed by atoms with Gasteiger partial charge in [-0.05, 0) is 0 Å². The van der Waals surface area contributed by atoms with E-state index in [1.54, 1.807) is 0 Å². The number of carbonyl (C=O) groups is 1. The number of anilines is 1. The van der Waals surface area contributed by atoms with Crippen LogP contribution in [0.3, 0.4) is 0 Å². The molecule has 0 aromatic carbocycles. The molecule has 1 fully saturated rings. The Morgan fingerprint density at radius 3 is 2.42 bits per heavy atom. The van der Waals surface area contributed by atoms with Crippen molar-refractivity contribution in [3.05, 3.63) is 24.0 Å². The van der Waals surface area contributed by atoms with Gasteiger partial charge in [0.05, 0.1) is 11.4 Å². The molecule has 0 bridgehead atoms. The van der Waals surface area contributed by atoms with Crippen molar-refractivity contribution in [1.82, 2.24) is 4.98 Å². The molecule has 19 heavy (non-hydrogen) atoms. The van der Waals surface area contributed by atoms with Crippen LogP contribution in [0, 0.1) is 17.8 Å². The topological polar surface area (TPSA) is 67.3 Å². The Morgan fingerprint density at radius 1 is 1.32 bits per heavy atom. The first-order valence-corrected chi connectivity index (χ1v) is 6.85. The van der Waals surface area contributed by atoms with Crippen LogP contribution in [0.25, 0.3) is 0 Å². The summed E-state index contributed by atoms with van der Waals surface area (Å²) in [4.78, 5) is 15.5. The van der Waals surface area contributed by atoms with Gasteiger partial charge in [-0.25, -0.2) is 0 Å². The molecule has 9 heteroatoms. The second-order valence-electron chi connectivity index (χ2n) is 4.25. The number of nitrogens with zero attached hydrogens (tertiary/aromatic N) is 2. The standard InChI is InChI=1S/C10H9F3N2O3S/c11-8-2-7(3-9(12)14-8)15-4-6(1-10(15)16)5-19(13,17)18/h2-3,6H,1,4-5H2. The molecule has 5 nitrogen and oxygen atoms in total. The number of rotatable bonds is 3. The Balaban J connectivity index is 2.20. The number of hydrogen-bond acceptors (Lipinski definition) is 4. The predicted octanol–water partition coefficient (Wildman–Crippen LogP) is 1.01. The highest BCUT2D eigenvalue weighted by Crippen LogP contribution is 2.26. The Bertz CT molecular complexity index is 600. The molecular formula is C10H9F3N2O3S. The molecule has 1 aromatic rings. The zero-order chi connectivity index (χ0) is 14.2. The predicted molar refractivity (Wildman–Crippen MR) is 59.5 cm³/mol. The molecule has 2 heterocycles. The van der Waals surface area contributed by atoms with Crippen LogP contribution < -0.4 is 4.90 Å². The molecule has 1 atom stereocenters. The molecule has 1 aliphatic heterocycles. The van der Waals surface area contributed by atoms with Gasteiger partial charge in [-0.1, -0.05) is 0 Å². The number of carbonyl (C=O) groups excluding carboxylic acids is 1. The number of halogens is 3. The van der Waals surface area contributed by atoms with E-state index < -0.39 is 39.7 Å². The molecule has 1 aliphatic rings. The summed E-state index contributed by atoms with van der Waals surface area (Å²) in [6.45, 7) is -0.106. The van der Waals surface area contributed by atoms with E-state index in [-0.39, 0.29) is 18.7 Å². The van der Waals surface area contributed by atoms with E-state index in [0.717, 1.165) is 17.0 Å². The smallest absolute Gasteiger partial charge is 0.302 e. The maximum Gasteiger partial charge on any atom is 0.302 e. The normalized spacial score (nSPS) is 20.1. The largest absolute Gasteiger partial charge is 0.312 e. The van der Waals surface area contributed by atoms with E-state index in [1.807, 2.05) is 0 Å². The Morgan fingerprint density at radius 2 is 1.89 bits per heavy atom. The van der Waals surface area contributed by atoms with Crippen molar-refractivity contribution in [2.75, 3.05) is 17.2 Å². The summed E-state index contributed by atoms with van der Waals surface area (Å²) in [5, 5.41) is 0. The van der Waals surface area contributed by atoms with Gasteiger partial charge in [0, 0.05) is 31.0 Å². The molecule has 0 N–H and O–H groups in total. The average molecular weight is 294 g/mol. The quantitative estimate of drug-likeness (QED) is 0.616. The number of hydrogen-bond donors (Lipinski definition) is 0. The van der Waals surface area contributed by atoms with Gasteiger partial charge < -0.3 is 4.90 Å². The average Bonchev–Trinajstić information content (AvgIpc) is 2.54. The molecule has 2 rings (SSSR count). The number of amides is 1. The minimum absolute atomic E-state index is 0.0613. The third kappa shape index (κ3) is 3.43. The van der Waals surface area contributed by atoms with Crippen LogP contribution in [0.2, 0.25) is 0 Å². The fourth-order valence-corrected chi connectivity index (χ4v) is 2.82. The van der Waals surface area contributed by atoms with Crippen LogP contribution in [0.1, 0.15) is 6.42 Å². The van der Waals surface area contributed by atoms with Gasteiger partial charge in [-0.3, -0.25) is 4.79 Å². The van der Waals surface area contributed by atoms with Gasteiger partial charge in [0.2, 0.25) is 17.8 Å². The fourth-order valence-electron chi connectivity index (χ4n) is 2.03. The molecule has 0 aliphatic carbocycles. The van der Waals surface area contributed by atoms with Crippen LogP contribution in [0.4, 0.5) is 18.4 Å². The zero-order valence-corrected chi connectivity index (χ0v) is 10.3. The fraction of sp³-hybridized carbons (Fsp3) is 0.400. The molecular weight excluding hydrogens is 285 g/mol. The van der Waals surface area contributed by atoms with Crippen molar-refractivity contribution in [2.24, 2.45) is 5.92 Å². The summed E-state index contributed by atoms with van der Waals surface area (Å²) < 4.78 is 59.4. The molecule has 0 saturated carbocycles. The first-order chi connectivity index (χ1) is 8.74. The molecule has 1 saturated heterocycles. The third-order valence-electron chi connectivity index (χ3n) is 2.70. The summed E-state index contributed by atoms with van der Waals surface area (Å²) >= 11 is 0. The highest BCUT2D eigenvalue weighted by atomic mass is 32.3. The lowest BCUT2D eigenvalue weighted by atomic mass is 10.1. The first-order valence-electron chi connectivity index (χ1n) is 5.30. The maximum absolute atomic E-state index is 12.9. The van der Waals surface area contributed by atoms with Crippen LogP contribution in [-0.2, 0) is 15.0 Å². The van der Waals surface area contributed by atoms with E-state index in [0.29, 0.717) is 0 Å². The Hall–Kier alpha value is -1.64. The van der Waals surface area contributed by atoms with Gasteiger partial charge in [-0.15, -0.1) is 3.89 Å². The van der Waals surface area contributed by atoms with Crippen molar-refractivity contribution in [2.45, 2.75) is 6.42 Å². The lowest BCUT2D eigenvalue weighted by Crippen LogP contribution is -2.25. The van der Waals surface area contributed by atoms with Crippen molar-refractivity contribution < 1.29 is 25.9 Å². The second-order valence-corrected chi connectivity index (χ2v) is 5.66. The summed E-state index contributed by atoms with van der Waals surface area (Å²) in [7, 11) is -4.69. The van der Waals surface area contributed by atoms with Gasteiger partial charge >= 0.3 is 10.2 Å². The van der Waals surface area contributed by atoms with Gasteiger partial charge in [0.1, 0.15) is 0 Å². The lowest BCUT2D eigenvalue weighted by molar-refractivity contribution is -0.117. The minimum Gasteiger partial charge on any atom is -0.312 e. The van der Waals surface area contributed by atoms with E-state index in [9.17, 15) is 25.9 Å². The number of pyridine rings is 1. The summed E-state index contributed by atoms with van der Waals surface area (Å²) in [6.07, 6.45) is -0.186. The van der Waals surface area contributed by atoms with Crippen molar-refractivity contribution in [1.29, 1.82) is 0 Å². The van der Waals surface area contributed by atoms with Crippen molar-refractivity contribution in [3.8, 4) is 0 Å². The molecule has 1 aromatic heterocycles. The van der Waals surface area contributed by atoms with Gasteiger partial charge in [0.25, 0.3) is 0 Å². The van der Waals surface area contributed by atoms with Crippen LogP contribution in [-0.4, -0.2) is 31.6 Å². The van der Waals surface area contributed by atoms with Crippen molar-refractivity contribution in [3.63, 3.8) is 0 Å². The minimum atomic E-state index is -4.69. The SMILES string of the molecule is O=C1CC(CS(=O)(=O)F)CN1c1cc(F)nc(F)c1. The van der Waals surface area contributed by atoms with E-state index in [2.05, 4.69) is 4.98 Å². The second kappa shape index (κ2) is 4.80. The van der Waals surface area contributed by atoms with Gasteiger partial charge in [-0.2, -0.15) is 22.2 Å². The van der Waals surface area contributed by atoms with Gasteiger partial charge in [0.15, 0.2) is 0 Å². The van der Waals surface area contributed by atoms with Crippen LogP contribution in [0.5, 0.6) is 0 Å².